The Morgan fingerprint density at radius 3 is 2.61 bits per heavy atom. The molecule has 3 aromatic rings. The lowest BCUT2D eigenvalue weighted by Crippen LogP contribution is -2.24. The number of nitrogens with one attached hydrogen (secondary N) is 2. The first-order valence-electron chi connectivity index (χ1n) is 8.44. The first-order valence-corrected chi connectivity index (χ1v) is 8.44. The number of ether oxygens (including phenoxy) is 2. The molecule has 1 heterocycles. The third kappa shape index (κ3) is 4.53. The van der Waals surface area contributed by atoms with Gasteiger partial charge in [-0.25, -0.2) is 14.4 Å². The van der Waals surface area contributed by atoms with Crippen molar-refractivity contribution in [3.63, 3.8) is 0 Å². The van der Waals surface area contributed by atoms with Crippen LogP contribution in [0.15, 0.2) is 54.7 Å². The fourth-order valence-electron chi connectivity index (χ4n) is 2.49. The van der Waals surface area contributed by atoms with Gasteiger partial charge in [0.25, 0.3) is 5.91 Å². The summed E-state index contributed by atoms with van der Waals surface area (Å²) >= 11 is 0. The molecule has 0 unspecified atom stereocenters. The number of methoxy groups -OCH3 is 2. The number of carbonyl (C=O) groups excluding carboxylic acids is 1. The Morgan fingerprint density at radius 1 is 1.07 bits per heavy atom. The molecule has 7 nitrogen and oxygen atoms in total. The molecule has 0 radical (unpaired) electrons. The Hall–Kier alpha value is -3.68. The maximum Gasteiger partial charge on any atom is 0.270 e. The van der Waals surface area contributed by atoms with Crippen molar-refractivity contribution in [2.75, 3.05) is 19.5 Å². The van der Waals surface area contributed by atoms with Gasteiger partial charge in [0.1, 0.15) is 11.5 Å². The first kappa shape index (κ1) is 19.1. The minimum atomic E-state index is -0.436. The molecule has 144 valence electrons. The highest BCUT2D eigenvalue weighted by atomic mass is 19.1. The smallest absolute Gasteiger partial charge is 0.270 e. The largest absolute Gasteiger partial charge is 0.493 e. The summed E-state index contributed by atoms with van der Waals surface area (Å²) in [7, 11) is 3.10. The van der Waals surface area contributed by atoms with Crippen LogP contribution in [-0.2, 0) is 6.54 Å². The van der Waals surface area contributed by atoms with Crippen LogP contribution in [0, 0.1) is 5.82 Å². The molecule has 2 aromatic carbocycles. The third-order valence-electron chi connectivity index (χ3n) is 3.91. The van der Waals surface area contributed by atoms with E-state index in [-0.39, 0.29) is 29.8 Å². The lowest BCUT2D eigenvalue weighted by atomic mass is 10.2. The number of benzene rings is 2. The molecule has 28 heavy (non-hydrogen) atoms. The highest BCUT2D eigenvalue weighted by Gasteiger charge is 2.11. The maximum absolute atomic E-state index is 13.7. The molecular weight excluding hydrogens is 363 g/mol. The lowest BCUT2D eigenvalue weighted by molar-refractivity contribution is 0.0946. The molecular formula is C20H19FN4O3. The summed E-state index contributed by atoms with van der Waals surface area (Å²) in [5.41, 5.74) is 1.23. The van der Waals surface area contributed by atoms with E-state index in [1.165, 1.54) is 18.3 Å². The summed E-state index contributed by atoms with van der Waals surface area (Å²) in [6, 6.07) is 13.0. The normalized spacial score (nSPS) is 10.2. The van der Waals surface area contributed by atoms with E-state index >= 15 is 0 Å². The second-order valence-corrected chi connectivity index (χ2v) is 5.74. The molecule has 0 saturated carbocycles. The second-order valence-electron chi connectivity index (χ2n) is 5.74. The summed E-state index contributed by atoms with van der Waals surface area (Å²) in [5.74, 6) is 0.497. The predicted octanol–water partition coefficient (Wildman–Crippen LogP) is 3.31. The summed E-state index contributed by atoms with van der Waals surface area (Å²) in [5, 5.41) is 5.54. The van der Waals surface area contributed by atoms with Crippen molar-refractivity contribution in [1.82, 2.24) is 15.3 Å². The van der Waals surface area contributed by atoms with Gasteiger partial charge in [-0.1, -0.05) is 18.2 Å². The standard InChI is InChI=1S/C20H19FN4O3/c1-27-17-8-7-13(11-18(17)28-2)12-23-19(26)16-9-10-22-20(25-16)24-15-6-4-3-5-14(15)21/h3-11H,12H2,1-2H3,(H,23,26)(H,22,24,25). The molecule has 0 fully saturated rings. The van der Waals surface area contributed by atoms with Gasteiger partial charge in [-0.05, 0) is 35.9 Å². The Labute approximate surface area is 161 Å². The van der Waals surface area contributed by atoms with Crippen LogP contribution in [0.1, 0.15) is 16.1 Å². The van der Waals surface area contributed by atoms with Crippen LogP contribution in [0.3, 0.4) is 0 Å². The van der Waals surface area contributed by atoms with E-state index < -0.39 is 5.82 Å². The van der Waals surface area contributed by atoms with Crippen LogP contribution in [0.2, 0.25) is 0 Å². The molecule has 0 aliphatic carbocycles. The van der Waals surface area contributed by atoms with Crippen LogP contribution in [0.25, 0.3) is 0 Å². The number of para-hydroxylation sites is 1. The van der Waals surface area contributed by atoms with Crippen molar-refractivity contribution in [2.24, 2.45) is 0 Å². The van der Waals surface area contributed by atoms with Crippen molar-refractivity contribution in [2.45, 2.75) is 6.54 Å². The number of carbonyl (C=O) groups is 1. The van der Waals surface area contributed by atoms with Crippen molar-refractivity contribution >= 4 is 17.5 Å². The van der Waals surface area contributed by atoms with E-state index in [4.69, 9.17) is 9.47 Å². The third-order valence-corrected chi connectivity index (χ3v) is 3.91. The van der Waals surface area contributed by atoms with Crippen LogP contribution < -0.4 is 20.1 Å². The maximum atomic E-state index is 13.7. The molecule has 1 amide bonds. The van der Waals surface area contributed by atoms with Gasteiger partial charge in [0.05, 0.1) is 19.9 Å². The zero-order valence-corrected chi connectivity index (χ0v) is 15.4. The van der Waals surface area contributed by atoms with Gasteiger partial charge in [0, 0.05) is 12.7 Å². The van der Waals surface area contributed by atoms with Gasteiger partial charge < -0.3 is 20.1 Å². The summed E-state index contributed by atoms with van der Waals surface area (Å²) in [6.45, 7) is 0.277. The summed E-state index contributed by atoms with van der Waals surface area (Å²) in [6.07, 6.45) is 1.43. The van der Waals surface area contributed by atoms with E-state index in [1.807, 2.05) is 6.07 Å². The number of aromatic nitrogens is 2. The average molecular weight is 382 g/mol. The second kappa shape index (κ2) is 8.81. The van der Waals surface area contributed by atoms with Crippen LogP contribution in [0.5, 0.6) is 11.5 Å². The number of amides is 1. The van der Waals surface area contributed by atoms with E-state index in [0.717, 1.165) is 5.56 Å². The molecule has 0 aliphatic heterocycles. The van der Waals surface area contributed by atoms with Gasteiger partial charge in [-0.3, -0.25) is 4.79 Å². The Bertz CT molecular complexity index is 981. The van der Waals surface area contributed by atoms with Crippen LogP contribution in [0.4, 0.5) is 16.0 Å². The number of rotatable bonds is 7. The lowest BCUT2D eigenvalue weighted by Gasteiger charge is -2.11. The van der Waals surface area contributed by atoms with Gasteiger partial charge in [-0.2, -0.15) is 0 Å². The number of hydrogen-bond donors (Lipinski definition) is 2. The van der Waals surface area contributed by atoms with E-state index in [9.17, 15) is 9.18 Å². The van der Waals surface area contributed by atoms with Gasteiger partial charge in [0.15, 0.2) is 11.5 Å². The van der Waals surface area contributed by atoms with Gasteiger partial charge in [-0.15, -0.1) is 0 Å². The monoisotopic (exact) mass is 382 g/mol. The van der Waals surface area contributed by atoms with Crippen LogP contribution in [-0.4, -0.2) is 30.1 Å². The van der Waals surface area contributed by atoms with Gasteiger partial charge >= 0.3 is 0 Å². The Kier molecular flexibility index (Phi) is 6.01. The number of hydrogen-bond acceptors (Lipinski definition) is 6. The Morgan fingerprint density at radius 2 is 1.86 bits per heavy atom. The van der Waals surface area contributed by atoms with Gasteiger partial charge in [0.2, 0.25) is 5.95 Å². The van der Waals surface area contributed by atoms with Crippen molar-refractivity contribution in [1.29, 1.82) is 0 Å². The van der Waals surface area contributed by atoms with E-state index in [2.05, 4.69) is 20.6 Å². The molecule has 8 heteroatoms. The summed E-state index contributed by atoms with van der Waals surface area (Å²) in [4.78, 5) is 20.6. The highest BCUT2D eigenvalue weighted by molar-refractivity contribution is 5.92. The molecule has 2 N–H and O–H groups in total. The molecule has 0 atom stereocenters. The molecule has 0 aliphatic rings. The molecule has 0 saturated heterocycles. The fourth-order valence-corrected chi connectivity index (χ4v) is 2.49. The summed E-state index contributed by atoms with van der Waals surface area (Å²) < 4.78 is 24.2. The first-order chi connectivity index (χ1) is 13.6. The van der Waals surface area contributed by atoms with Crippen molar-refractivity contribution < 1.29 is 18.7 Å². The van der Waals surface area contributed by atoms with E-state index in [1.54, 1.807) is 44.6 Å². The minimum Gasteiger partial charge on any atom is -0.493 e. The average Bonchev–Trinajstić information content (AvgIpc) is 2.73. The van der Waals surface area contributed by atoms with E-state index in [0.29, 0.717) is 11.5 Å². The van der Waals surface area contributed by atoms with Crippen molar-refractivity contribution in [3.05, 3.63) is 71.8 Å². The number of nitrogens with zero attached hydrogens (tertiary/aromatic N) is 2. The fraction of sp³-hybridized carbons (Fsp3) is 0.150. The Balaban J connectivity index is 1.67. The quantitative estimate of drug-likeness (QED) is 0.652. The molecule has 0 bridgehead atoms. The molecule has 3 rings (SSSR count). The topological polar surface area (TPSA) is 85.4 Å². The van der Waals surface area contributed by atoms with Crippen LogP contribution >= 0.6 is 0 Å². The zero-order valence-electron chi connectivity index (χ0n) is 15.4. The number of anilines is 2. The van der Waals surface area contributed by atoms with Crippen molar-refractivity contribution in [3.8, 4) is 11.5 Å². The zero-order chi connectivity index (χ0) is 19.9. The predicted molar refractivity (Wildman–Crippen MR) is 102 cm³/mol. The molecule has 1 aromatic heterocycles. The number of halogens is 1. The SMILES string of the molecule is COc1ccc(CNC(=O)c2ccnc(Nc3ccccc3F)n2)cc1OC. The highest BCUT2D eigenvalue weighted by Crippen LogP contribution is 2.27. The molecule has 0 spiro atoms. The minimum absolute atomic E-state index is 0.129.